The number of ether oxygens (including phenoxy) is 3. The second-order valence-electron chi connectivity index (χ2n) is 8.28. The Labute approximate surface area is 162 Å². The molecule has 1 aliphatic rings. The van der Waals surface area contributed by atoms with Crippen LogP contribution in [0.15, 0.2) is 18.2 Å². The summed E-state index contributed by atoms with van der Waals surface area (Å²) in [5.41, 5.74) is 0.248. The van der Waals surface area contributed by atoms with E-state index in [1.165, 1.54) is 26.4 Å². The number of rotatable bonds is 6. The molecule has 1 aromatic rings. The minimum atomic E-state index is -0.640. The van der Waals surface area contributed by atoms with Gasteiger partial charge in [-0.3, -0.25) is 4.79 Å². The fraction of sp³-hybridized carbons (Fsp3) is 0.636. The third kappa shape index (κ3) is 5.98. The molecule has 150 valence electrons. The highest BCUT2D eigenvalue weighted by Gasteiger charge is 2.29. The molecule has 1 atom stereocenters. The molecule has 1 saturated carbocycles. The molecule has 0 radical (unpaired) electrons. The first-order chi connectivity index (χ1) is 12.7. The number of benzene rings is 1. The van der Waals surface area contributed by atoms with Gasteiger partial charge in [0.15, 0.2) is 0 Å². The van der Waals surface area contributed by atoms with Crippen molar-refractivity contribution in [3.63, 3.8) is 0 Å². The normalized spacial score (nSPS) is 16.5. The van der Waals surface area contributed by atoms with Crippen molar-refractivity contribution in [3.8, 4) is 5.75 Å². The van der Waals surface area contributed by atoms with Crippen LogP contribution in [0.1, 0.15) is 81.6 Å². The molecule has 1 unspecified atom stereocenters. The van der Waals surface area contributed by atoms with Crippen LogP contribution in [0, 0.1) is 5.92 Å². The number of methoxy groups -OCH3 is 1. The van der Waals surface area contributed by atoms with Crippen LogP contribution in [0.25, 0.3) is 0 Å². The van der Waals surface area contributed by atoms with Crippen LogP contribution in [0.2, 0.25) is 0 Å². The molecule has 0 aliphatic heterocycles. The molecule has 5 nitrogen and oxygen atoms in total. The summed E-state index contributed by atoms with van der Waals surface area (Å²) in [6, 6.07) is 5.34. The minimum Gasteiger partial charge on any atom is -0.492 e. The molecule has 1 aliphatic carbocycles. The van der Waals surface area contributed by atoms with Gasteiger partial charge in [0.05, 0.1) is 19.6 Å². The van der Waals surface area contributed by atoms with Crippen LogP contribution >= 0.6 is 0 Å². The van der Waals surface area contributed by atoms with Gasteiger partial charge in [-0.1, -0.05) is 31.4 Å². The average molecular weight is 376 g/mol. The second kappa shape index (κ2) is 9.25. The molecule has 0 N–H and O–H groups in total. The fourth-order valence-electron chi connectivity index (χ4n) is 3.44. The van der Waals surface area contributed by atoms with Crippen molar-refractivity contribution in [3.05, 3.63) is 29.3 Å². The Kier molecular flexibility index (Phi) is 7.28. The number of carbonyl (C=O) groups excluding carboxylic acids is 2. The van der Waals surface area contributed by atoms with Crippen molar-refractivity contribution in [2.24, 2.45) is 5.92 Å². The van der Waals surface area contributed by atoms with E-state index in [0.717, 1.165) is 12.8 Å². The molecule has 27 heavy (non-hydrogen) atoms. The van der Waals surface area contributed by atoms with E-state index in [9.17, 15) is 9.59 Å². The maximum atomic E-state index is 12.9. The maximum Gasteiger partial charge on any atom is 0.342 e. The SMILES string of the molecule is COC(=O)C(C)c1cccc(OCC2CCCCC2)c1C(=O)OC(C)(C)C. The molecular weight excluding hydrogens is 344 g/mol. The third-order valence-corrected chi connectivity index (χ3v) is 4.88. The molecule has 2 rings (SSSR count). The Balaban J connectivity index is 2.32. The van der Waals surface area contributed by atoms with Crippen molar-refractivity contribution >= 4 is 11.9 Å². The third-order valence-electron chi connectivity index (χ3n) is 4.88. The first kappa shape index (κ1) is 21.3. The van der Waals surface area contributed by atoms with E-state index in [1.54, 1.807) is 25.1 Å². The van der Waals surface area contributed by atoms with E-state index < -0.39 is 23.5 Å². The van der Waals surface area contributed by atoms with Gasteiger partial charge < -0.3 is 14.2 Å². The van der Waals surface area contributed by atoms with Crippen molar-refractivity contribution < 1.29 is 23.8 Å². The first-order valence-electron chi connectivity index (χ1n) is 9.80. The van der Waals surface area contributed by atoms with Gasteiger partial charge in [-0.05, 0) is 58.1 Å². The number of hydrogen-bond donors (Lipinski definition) is 0. The minimum absolute atomic E-state index is 0.320. The standard InChI is InChI=1S/C22H32O5/c1-15(20(23)25-5)17-12-9-13-18(19(17)21(24)27-22(2,3)4)26-14-16-10-7-6-8-11-16/h9,12-13,15-16H,6-8,10-11,14H2,1-5H3. The van der Waals surface area contributed by atoms with Crippen molar-refractivity contribution in [2.45, 2.75) is 71.3 Å². The van der Waals surface area contributed by atoms with Gasteiger partial charge in [0, 0.05) is 0 Å². The van der Waals surface area contributed by atoms with E-state index in [2.05, 4.69) is 0 Å². The Bertz CT molecular complexity index is 653. The van der Waals surface area contributed by atoms with E-state index in [-0.39, 0.29) is 0 Å². The van der Waals surface area contributed by atoms with Gasteiger partial charge in [0.2, 0.25) is 0 Å². The van der Waals surface area contributed by atoms with E-state index >= 15 is 0 Å². The summed E-state index contributed by atoms with van der Waals surface area (Å²) in [6.45, 7) is 7.76. The molecule has 0 saturated heterocycles. The average Bonchev–Trinajstić information content (AvgIpc) is 2.64. The van der Waals surface area contributed by atoms with Gasteiger partial charge in [0.25, 0.3) is 0 Å². The van der Waals surface area contributed by atoms with Crippen LogP contribution in [0.5, 0.6) is 5.75 Å². The lowest BCUT2D eigenvalue weighted by Crippen LogP contribution is -2.26. The zero-order chi connectivity index (χ0) is 20.0. The molecule has 0 amide bonds. The van der Waals surface area contributed by atoms with Crippen LogP contribution in [0.3, 0.4) is 0 Å². The molecule has 0 bridgehead atoms. The van der Waals surface area contributed by atoms with Crippen LogP contribution in [-0.2, 0) is 14.3 Å². The van der Waals surface area contributed by atoms with E-state index in [0.29, 0.717) is 29.4 Å². The van der Waals surface area contributed by atoms with Gasteiger partial charge in [-0.2, -0.15) is 0 Å². The molecule has 0 aromatic heterocycles. The lowest BCUT2D eigenvalue weighted by atomic mass is 9.90. The first-order valence-corrected chi connectivity index (χ1v) is 9.80. The second-order valence-corrected chi connectivity index (χ2v) is 8.28. The molecule has 1 fully saturated rings. The number of carbonyl (C=O) groups is 2. The van der Waals surface area contributed by atoms with Crippen molar-refractivity contribution in [2.75, 3.05) is 13.7 Å². The topological polar surface area (TPSA) is 61.8 Å². The van der Waals surface area contributed by atoms with Gasteiger partial charge in [-0.15, -0.1) is 0 Å². The highest BCUT2D eigenvalue weighted by Crippen LogP contribution is 2.32. The molecule has 5 heteroatoms. The Morgan fingerprint density at radius 1 is 1.15 bits per heavy atom. The summed E-state index contributed by atoms with van der Waals surface area (Å²) in [5.74, 6) is -0.484. The predicted octanol–water partition coefficient (Wildman–Crippen LogP) is 4.88. The molecular formula is C22H32O5. The van der Waals surface area contributed by atoms with Crippen LogP contribution < -0.4 is 4.74 Å². The Morgan fingerprint density at radius 2 is 1.81 bits per heavy atom. The maximum absolute atomic E-state index is 12.9. The summed E-state index contributed by atoms with van der Waals surface area (Å²) in [7, 11) is 1.34. The largest absolute Gasteiger partial charge is 0.492 e. The van der Waals surface area contributed by atoms with E-state index in [1.807, 2.05) is 20.8 Å². The monoisotopic (exact) mass is 376 g/mol. The van der Waals surface area contributed by atoms with Crippen LogP contribution in [-0.4, -0.2) is 31.3 Å². The lowest BCUT2D eigenvalue weighted by molar-refractivity contribution is -0.142. The molecule has 1 aromatic carbocycles. The highest BCUT2D eigenvalue weighted by molar-refractivity contribution is 5.96. The van der Waals surface area contributed by atoms with Gasteiger partial charge in [-0.25, -0.2) is 4.79 Å². The lowest BCUT2D eigenvalue weighted by Gasteiger charge is -2.25. The molecule has 0 spiro atoms. The van der Waals surface area contributed by atoms with Crippen molar-refractivity contribution in [1.82, 2.24) is 0 Å². The summed E-state index contributed by atoms with van der Waals surface area (Å²) in [6.07, 6.45) is 6.05. The summed E-state index contributed by atoms with van der Waals surface area (Å²) < 4.78 is 16.5. The quantitative estimate of drug-likeness (QED) is 0.662. The zero-order valence-corrected chi connectivity index (χ0v) is 17.2. The smallest absolute Gasteiger partial charge is 0.342 e. The van der Waals surface area contributed by atoms with E-state index in [4.69, 9.17) is 14.2 Å². The number of esters is 2. The molecule has 0 heterocycles. The van der Waals surface area contributed by atoms with Crippen molar-refractivity contribution in [1.29, 1.82) is 0 Å². The highest BCUT2D eigenvalue weighted by atomic mass is 16.6. The Morgan fingerprint density at radius 3 is 2.41 bits per heavy atom. The fourth-order valence-corrected chi connectivity index (χ4v) is 3.44. The summed E-state index contributed by atoms with van der Waals surface area (Å²) >= 11 is 0. The number of hydrogen-bond acceptors (Lipinski definition) is 5. The zero-order valence-electron chi connectivity index (χ0n) is 17.2. The van der Waals surface area contributed by atoms with Gasteiger partial charge in [0.1, 0.15) is 16.9 Å². The Hall–Kier alpha value is -2.04. The van der Waals surface area contributed by atoms with Crippen LogP contribution in [0.4, 0.5) is 0 Å². The summed E-state index contributed by atoms with van der Waals surface area (Å²) in [4.78, 5) is 25.0. The van der Waals surface area contributed by atoms with Gasteiger partial charge >= 0.3 is 11.9 Å². The summed E-state index contributed by atoms with van der Waals surface area (Å²) in [5, 5.41) is 0. The predicted molar refractivity (Wildman–Crippen MR) is 104 cm³/mol.